The Hall–Kier alpha value is -0.860. The second-order valence-corrected chi connectivity index (χ2v) is 4.64. The third-order valence-corrected chi connectivity index (χ3v) is 3.47. The fourth-order valence-corrected chi connectivity index (χ4v) is 2.49. The highest BCUT2D eigenvalue weighted by Crippen LogP contribution is 2.27. The number of halogens is 1. The third-order valence-electron chi connectivity index (χ3n) is 2.36. The predicted molar refractivity (Wildman–Crippen MR) is 53.3 cm³/mol. The summed E-state index contributed by atoms with van der Waals surface area (Å²) in [7, 11) is 0. The number of nitrogens with zero attached hydrogens (tertiary/aromatic N) is 1. The van der Waals surface area contributed by atoms with Crippen molar-refractivity contribution in [2.75, 3.05) is 18.9 Å². The maximum Gasteiger partial charge on any atom is 0.326 e. The van der Waals surface area contributed by atoms with Gasteiger partial charge >= 0.3 is 6.03 Å². The minimum atomic E-state index is -1.72. The zero-order valence-corrected chi connectivity index (χ0v) is 9.08. The molecule has 3 amide bonds. The first-order valence-electron chi connectivity index (χ1n) is 4.75. The number of amides is 3. The van der Waals surface area contributed by atoms with E-state index >= 15 is 0 Å². The molecule has 2 aliphatic rings. The van der Waals surface area contributed by atoms with Crippen LogP contribution in [0, 0.1) is 0 Å². The lowest BCUT2D eigenvalue weighted by Crippen LogP contribution is -2.59. The van der Waals surface area contributed by atoms with Crippen molar-refractivity contribution in [1.29, 1.82) is 0 Å². The molecule has 2 N–H and O–H groups in total. The fraction of sp³-hybridized carbons (Fsp3) is 0.750. The summed E-state index contributed by atoms with van der Waals surface area (Å²) in [6.45, 7) is -0.456. The van der Waals surface area contributed by atoms with Gasteiger partial charge in [0, 0.05) is 5.75 Å². The summed E-state index contributed by atoms with van der Waals surface area (Å²) in [5, 5.41) is 10.8. The van der Waals surface area contributed by atoms with Crippen LogP contribution in [0.4, 0.5) is 9.18 Å². The molecule has 0 spiro atoms. The minimum absolute atomic E-state index is 0.158. The van der Waals surface area contributed by atoms with Crippen LogP contribution in [0.25, 0.3) is 0 Å². The number of nitrogens with one attached hydrogen (secondary N) is 1. The molecule has 3 atom stereocenters. The average Bonchev–Trinajstić information content (AvgIpc) is 2.71. The molecule has 0 aromatic rings. The Kier molecular flexibility index (Phi) is 3.31. The summed E-state index contributed by atoms with van der Waals surface area (Å²) in [5.74, 6) is -0.454. The summed E-state index contributed by atoms with van der Waals surface area (Å²) >= 11 is 1.35. The first kappa shape index (κ1) is 11.6. The number of aliphatic hydroxyl groups is 1. The lowest BCUT2D eigenvalue weighted by Gasteiger charge is -2.32. The molecule has 0 aromatic heterocycles. The van der Waals surface area contributed by atoms with E-state index in [0.29, 0.717) is 5.75 Å². The Labute approximate surface area is 95.1 Å². The van der Waals surface area contributed by atoms with E-state index < -0.39 is 29.8 Å². The molecular weight excluding hydrogens is 239 g/mol. The Morgan fingerprint density at radius 1 is 1.62 bits per heavy atom. The number of hydrogen-bond donors (Lipinski definition) is 2. The number of urea groups is 1. The van der Waals surface area contributed by atoms with E-state index in [-0.39, 0.29) is 13.2 Å². The van der Waals surface area contributed by atoms with Gasteiger partial charge in [-0.05, 0) is 0 Å². The van der Waals surface area contributed by atoms with Crippen LogP contribution in [-0.2, 0) is 9.53 Å². The van der Waals surface area contributed by atoms with E-state index in [0.717, 1.165) is 4.90 Å². The highest BCUT2D eigenvalue weighted by molar-refractivity contribution is 8.00. The molecular formula is C8H11FN2O4S. The lowest BCUT2D eigenvalue weighted by atomic mass is 10.2. The molecule has 0 bridgehead atoms. The Morgan fingerprint density at radius 2 is 2.38 bits per heavy atom. The van der Waals surface area contributed by atoms with Crippen molar-refractivity contribution in [2.45, 2.75) is 17.8 Å². The topological polar surface area (TPSA) is 78.9 Å². The Bertz CT molecular complexity index is 316. The zero-order valence-electron chi connectivity index (χ0n) is 8.26. The largest absolute Gasteiger partial charge is 0.393 e. The van der Waals surface area contributed by atoms with Gasteiger partial charge in [-0.25, -0.2) is 9.18 Å². The van der Waals surface area contributed by atoms with Crippen LogP contribution in [0.3, 0.4) is 0 Å². The molecule has 0 saturated carbocycles. The van der Waals surface area contributed by atoms with Gasteiger partial charge in [0.05, 0.1) is 13.2 Å². The third kappa shape index (κ3) is 2.13. The second-order valence-electron chi connectivity index (χ2n) is 3.45. The maximum absolute atomic E-state index is 13.1. The second kappa shape index (κ2) is 4.56. The lowest BCUT2D eigenvalue weighted by molar-refractivity contribution is -0.129. The Balaban J connectivity index is 1.99. The van der Waals surface area contributed by atoms with Gasteiger partial charge in [-0.3, -0.25) is 15.0 Å². The van der Waals surface area contributed by atoms with Crippen LogP contribution in [-0.4, -0.2) is 58.7 Å². The van der Waals surface area contributed by atoms with Crippen LogP contribution >= 0.6 is 11.8 Å². The molecule has 0 aliphatic carbocycles. The van der Waals surface area contributed by atoms with Crippen molar-refractivity contribution in [2.24, 2.45) is 0 Å². The quantitative estimate of drug-likeness (QED) is 0.676. The SMILES string of the molecule is O=C1NC(=O)N([C@@H]2CS[C@H](CO)O2)CC1F. The number of aliphatic hydroxyl groups excluding tert-OH is 1. The molecule has 16 heavy (non-hydrogen) atoms. The van der Waals surface area contributed by atoms with Gasteiger partial charge in [-0.1, -0.05) is 0 Å². The monoisotopic (exact) mass is 250 g/mol. The highest BCUT2D eigenvalue weighted by atomic mass is 32.2. The number of thioether (sulfide) groups is 1. The zero-order chi connectivity index (χ0) is 11.7. The number of hydrogen-bond acceptors (Lipinski definition) is 5. The van der Waals surface area contributed by atoms with E-state index in [1.165, 1.54) is 11.8 Å². The molecule has 90 valence electrons. The number of alkyl halides is 1. The predicted octanol–water partition coefficient (Wildman–Crippen LogP) is -0.716. The van der Waals surface area contributed by atoms with E-state index in [4.69, 9.17) is 9.84 Å². The fourth-order valence-electron chi connectivity index (χ4n) is 1.54. The number of carbonyl (C=O) groups excluding carboxylic acids is 2. The first-order valence-corrected chi connectivity index (χ1v) is 5.80. The van der Waals surface area contributed by atoms with Gasteiger partial charge in [0.15, 0.2) is 6.17 Å². The van der Waals surface area contributed by atoms with Gasteiger partial charge in [-0.2, -0.15) is 0 Å². The number of imide groups is 1. The van der Waals surface area contributed by atoms with Crippen LogP contribution in [0.1, 0.15) is 0 Å². The van der Waals surface area contributed by atoms with Crippen molar-refractivity contribution >= 4 is 23.7 Å². The van der Waals surface area contributed by atoms with E-state index in [9.17, 15) is 14.0 Å². The summed E-state index contributed by atoms with van der Waals surface area (Å²) in [6.07, 6.45) is -2.31. The molecule has 0 aromatic carbocycles. The van der Waals surface area contributed by atoms with Gasteiger partial charge in [0.2, 0.25) is 0 Å². The standard InChI is InChI=1S/C8H11FN2O4S/c9-4-1-11(8(14)10-7(4)13)5-3-16-6(2-12)15-5/h4-6,12H,1-3H2,(H,10,13,14)/t4?,5-,6+/m0/s1. The molecule has 8 heteroatoms. The number of carbonyl (C=O) groups is 2. The van der Waals surface area contributed by atoms with Crippen LogP contribution < -0.4 is 5.32 Å². The molecule has 0 radical (unpaired) electrons. The van der Waals surface area contributed by atoms with Gasteiger partial charge < -0.3 is 9.84 Å². The summed E-state index contributed by atoms with van der Waals surface area (Å²) in [5.41, 5.74) is -0.395. The Morgan fingerprint density at radius 3 is 3.00 bits per heavy atom. The average molecular weight is 250 g/mol. The van der Waals surface area contributed by atoms with E-state index in [1.807, 2.05) is 5.32 Å². The van der Waals surface area contributed by atoms with Gasteiger partial charge in [0.1, 0.15) is 11.7 Å². The van der Waals surface area contributed by atoms with Gasteiger partial charge in [-0.15, -0.1) is 11.8 Å². The minimum Gasteiger partial charge on any atom is -0.393 e. The van der Waals surface area contributed by atoms with Crippen LogP contribution in [0.15, 0.2) is 0 Å². The molecule has 1 unspecified atom stereocenters. The maximum atomic E-state index is 13.1. The molecule has 2 saturated heterocycles. The summed E-state index contributed by atoms with van der Waals surface area (Å²) < 4.78 is 18.4. The molecule has 2 heterocycles. The van der Waals surface area contributed by atoms with Crippen LogP contribution in [0.5, 0.6) is 0 Å². The highest BCUT2D eigenvalue weighted by Gasteiger charge is 2.39. The molecule has 6 nitrogen and oxygen atoms in total. The number of ether oxygens (including phenoxy) is 1. The first-order chi connectivity index (χ1) is 7.61. The van der Waals surface area contributed by atoms with Crippen LogP contribution in [0.2, 0.25) is 0 Å². The van der Waals surface area contributed by atoms with E-state index in [1.54, 1.807) is 0 Å². The molecule has 2 fully saturated rings. The van der Waals surface area contributed by atoms with Crippen molar-refractivity contribution in [3.8, 4) is 0 Å². The summed E-state index contributed by atoms with van der Waals surface area (Å²) in [6, 6.07) is -0.650. The molecule has 2 rings (SSSR count). The van der Waals surface area contributed by atoms with Crippen molar-refractivity contribution < 1.29 is 23.8 Å². The smallest absolute Gasteiger partial charge is 0.326 e. The van der Waals surface area contributed by atoms with Crippen molar-refractivity contribution in [1.82, 2.24) is 10.2 Å². The molecule has 2 aliphatic heterocycles. The van der Waals surface area contributed by atoms with Crippen molar-refractivity contribution in [3.63, 3.8) is 0 Å². The van der Waals surface area contributed by atoms with Gasteiger partial charge in [0.25, 0.3) is 5.91 Å². The normalized spacial score (nSPS) is 35.4. The van der Waals surface area contributed by atoms with E-state index in [2.05, 4.69) is 0 Å². The van der Waals surface area contributed by atoms with Crippen molar-refractivity contribution in [3.05, 3.63) is 0 Å². The summed E-state index contributed by atoms with van der Waals surface area (Å²) in [4.78, 5) is 23.4. The number of rotatable bonds is 2.